The molecule has 1 aromatic rings. The summed E-state index contributed by atoms with van der Waals surface area (Å²) in [5.74, 6) is -0.865. The second-order valence-corrected chi connectivity index (χ2v) is 6.14. The molecule has 0 aliphatic heterocycles. The maximum Gasteiger partial charge on any atom is 0.298 e. The largest absolute Gasteiger partial charge is 0.315 e. The van der Waals surface area contributed by atoms with Gasteiger partial charge in [0.25, 0.3) is 11.7 Å². The van der Waals surface area contributed by atoms with E-state index in [1.807, 2.05) is 39.8 Å². The van der Waals surface area contributed by atoms with Gasteiger partial charge >= 0.3 is 0 Å². The third-order valence-electron chi connectivity index (χ3n) is 4.01. The van der Waals surface area contributed by atoms with Gasteiger partial charge in [0.2, 0.25) is 0 Å². The zero-order valence-corrected chi connectivity index (χ0v) is 15.3. The molecule has 1 amide bonds. The SMILES string of the molecule is CCCC(C)=CN(C)C(=O)C(=O)c1c(CC)cc(C)cc1CC. The molecule has 23 heavy (non-hydrogen) atoms. The van der Waals surface area contributed by atoms with E-state index in [4.69, 9.17) is 0 Å². The van der Waals surface area contributed by atoms with E-state index in [1.165, 1.54) is 4.90 Å². The Morgan fingerprint density at radius 2 is 1.61 bits per heavy atom. The molecule has 1 rings (SSSR count). The Bertz CT molecular complexity index is 589. The molecule has 3 nitrogen and oxygen atoms in total. The van der Waals surface area contributed by atoms with E-state index in [9.17, 15) is 9.59 Å². The lowest BCUT2D eigenvalue weighted by atomic mass is 9.92. The van der Waals surface area contributed by atoms with Crippen LogP contribution >= 0.6 is 0 Å². The summed E-state index contributed by atoms with van der Waals surface area (Å²) >= 11 is 0. The van der Waals surface area contributed by atoms with Crippen LogP contribution in [0.4, 0.5) is 0 Å². The first kappa shape index (κ1) is 19.1. The molecule has 0 saturated carbocycles. The lowest BCUT2D eigenvalue weighted by molar-refractivity contribution is -0.123. The molecule has 0 heterocycles. The molecule has 0 saturated heterocycles. The minimum Gasteiger partial charge on any atom is -0.315 e. The van der Waals surface area contributed by atoms with Crippen molar-refractivity contribution >= 4 is 11.7 Å². The summed E-state index contributed by atoms with van der Waals surface area (Å²) in [6, 6.07) is 4.02. The fraction of sp³-hybridized carbons (Fsp3) is 0.500. The fourth-order valence-electron chi connectivity index (χ4n) is 2.91. The Labute approximate surface area is 140 Å². The predicted molar refractivity (Wildman–Crippen MR) is 95.7 cm³/mol. The molecular formula is C20H29NO2. The Morgan fingerprint density at radius 1 is 1.09 bits per heavy atom. The second-order valence-electron chi connectivity index (χ2n) is 6.14. The van der Waals surface area contributed by atoms with E-state index < -0.39 is 11.7 Å². The highest BCUT2D eigenvalue weighted by Crippen LogP contribution is 2.21. The normalized spacial score (nSPS) is 11.5. The van der Waals surface area contributed by atoms with Crippen LogP contribution in [0, 0.1) is 6.92 Å². The van der Waals surface area contributed by atoms with Crippen LogP contribution in [0.2, 0.25) is 0 Å². The van der Waals surface area contributed by atoms with Crippen molar-refractivity contribution in [3.63, 3.8) is 0 Å². The molecule has 0 spiro atoms. The molecule has 0 unspecified atom stereocenters. The zero-order valence-electron chi connectivity index (χ0n) is 15.3. The highest BCUT2D eigenvalue weighted by atomic mass is 16.2. The zero-order chi connectivity index (χ0) is 17.6. The van der Waals surface area contributed by atoms with Crippen LogP contribution in [0.1, 0.15) is 67.6 Å². The summed E-state index contributed by atoms with van der Waals surface area (Å²) in [7, 11) is 1.66. The van der Waals surface area contributed by atoms with E-state index in [-0.39, 0.29) is 0 Å². The van der Waals surface area contributed by atoms with Gasteiger partial charge in [-0.05, 0) is 44.2 Å². The van der Waals surface area contributed by atoms with Crippen LogP contribution in [0.5, 0.6) is 0 Å². The monoisotopic (exact) mass is 315 g/mol. The van der Waals surface area contributed by atoms with Crippen LogP contribution < -0.4 is 0 Å². The number of benzene rings is 1. The summed E-state index contributed by atoms with van der Waals surface area (Å²) < 4.78 is 0. The summed E-state index contributed by atoms with van der Waals surface area (Å²) in [5, 5.41) is 0. The second kappa shape index (κ2) is 8.66. The third kappa shape index (κ3) is 4.78. The maximum absolute atomic E-state index is 12.8. The van der Waals surface area contributed by atoms with Gasteiger partial charge in [-0.2, -0.15) is 0 Å². The third-order valence-corrected chi connectivity index (χ3v) is 4.01. The Kier molecular flexibility index (Phi) is 7.21. The number of ketones is 1. The highest BCUT2D eigenvalue weighted by Gasteiger charge is 2.24. The van der Waals surface area contributed by atoms with Gasteiger partial charge in [0.05, 0.1) is 0 Å². The summed E-state index contributed by atoms with van der Waals surface area (Å²) in [5.41, 5.74) is 4.76. The van der Waals surface area contributed by atoms with Crippen LogP contribution in [0.25, 0.3) is 0 Å². The smallest absolute Gasteiger partial charge is 0.298 e. The van der Waals surface area contributed by atoms with Gasteiger partial charge in [0.15, 0.2) is 0 Å². The van der Waals surface area contributed by atoms with Crippen molar-refractivity contribution in [3.8, 4) is 0 Å². The number of carbonyl (C=O) groups is 2. The maximum atomic E-state index is 12.8. The molecular weight excluding hydrogens is 286 g/mol. The molecule has 0 N–H and O–H groups in total. The van der Waals surface area contributed by atoms with Crippen molar-refractivity contribution in [2.75, 3.05) is 7.05 Å². The van der Waals surface area contributed by atoms with Gasteiger partial charge < -0.3 is 4.90 Å². The van der Waals surface area contributed by atoms with E-state index >= 15 is 0 Å². The summed E-state index contributed by atoms with van der Waals surface area (Å²) in [6.07, 6.45) is 5.22. The van der Waals surface area contributed by atoms with Crippen LogP contribution in [-0.4, -0.2) is 23.6 Å². The van der Waals surface area contributed by atoms with Gasteiger partial charge in [0, 0.05) is 18.8 Å². The van der Waals surface area contributed by atoms with Gasteiger partial charge in [-0.3, -0.25) is 9.59 Å². The number of hydrogen-bond acceptors (Lipinski definition) is 2. The van der Waals surface area contributed by atoms with Crippen molar-refractivity contribution in [2.45, 2.75) is 60.3 Å². The molecule has 126 valence electrons. The summed E-state index contributed by atoms with van der Waals surface area (Å²) in [6.45, 7) is 10.1. The van der Waals surface area contributed by atoms with Gasteiger partial charge in [-0.25, -0.2) is 0 Å². The Balaban J connectivity index is 3.19. The van der Waals surface area contributed by atoms with Gasteiger partial charge in [-0.1, -0.05) is 50.5 Å². The summed E-state index contributed by atoms with van der Waals surface area (Å²) in [4.78, 5) is 26.7. The number of carbonyl (C=O) groups excluding carboxylic acids is 2. The number of amides is 1. The first-order valence-electron chi connectivity index (χ1n) is 8.46. The molecule has 0 atom stereocenters. The van der Waals surface area contributed by atoms with E-state index in [1.54, 1.807) is 13.2 Å². The minimum absolute atomic E-state index is 0.401. The number of rotatable bonds is 7. The lowest BCUT2D eigenvalue weighted by Crippen LogP contribution is -2.31. The highest BCUT2D eigenvalue weighted by molar-refractivity contribution is 6.43. The Hall–Kier alpha value is -1.90. The lowest BCUT2D eigenvalue weighted by Gasteiger charge is -2.17. The van der Waals surface area contributed by atoms with E-state index in [0.29, 0.717) is 5.56 Å². The van der Waals surface area contributed by atoms with Crippen molar-refractivity contribution in [3.05, 3.63) is 46.2 Å². The molecule has 3 heteroatoms. The van der Waals surface area contributed by atoms with E-state index in [0.717, 1.165) is 47.9 Å². The molecule has 0 aliphatic rings. The van der Waals surface area contributed by atoms with Crippen molar-refractivity contribution in [2.24, 2.45) is 0 Å². The minimum atomic E-state index is -0.464. The molecule has 1 aromatic carbocycles. The molecule has 0 aromatic heterocycles. The van der Waals surface area contributed by atoms with Crippen molar-refractivity contribution < 1.29 is 9.59 Å². The van der Waals surface area contributed by atoms with Crippen molar-refractivity contribution in [1.82, 2.24) is 4.90 Å². The van der Waals surface area contributed by atoms with Crippen LogP contribution in [0.15, 0.2) is 23.9 Å². The van der Waals surface area contributed by atoms with Gasteiger partial charge in [-0.15, -0.1) is 0 Å². The number of hydrogen-bond donors (Lipinski definition) is 0. The molecule has 0 aliphatic carbocycles. The average molecular weight is 315 g/mol. The Morgan fingerprint density at radius 3 is 2.04 bits per heavy atom. The number of likely N-dealkylation sites (N-methyl/N-ethyl adjacent to an activating group) is 1. The number of allylic oxidation sites excluding steroid dienone is 1. The average Bonchev–Trinajstić information content (AvgIpc) is 2.52. The van der Waals surface area contributed by atoms with Crippen LogP contribution in [0.3, 0.4) is 0 Å². The predicted octanol–water partition coefficient (Wildman–Crippen LogP) is 4.46. The number of Topliss-reactive ketones (excluding diaryl/α,β-unsaturated/α-hetero) is 1. The molecule has 0 fully saturated rings. The molecule has 0 radical (unpaired) electrons. The van der Waals surface area contributed by atoms with Gasteiger partial charge in [0.1, 0.15) is 0 Å². The number of aryl methyl sites for hydroxylation is 3. The van der Waals surface area contributed by atoms with Crippen molar-refractivity contribution in [1.29, 1.82) is 0 Å². The quantitative estimate of drug-likeness (QED) is 0.550. The number of nitrogens with zero attached hydrogens (tertiary/aromatic N) is 1. The van der Waals surface area contributed by atoms with Crippen LogP contribution in [-0.2, 0) is 17.6 Å². The first-order valence-corrected chi connectivity index (χ1v) is 8.46. The fourth-order valence-corrected chi connectivity index (χ4v) is 2.91. The first-order chi connectivity index (χ1) is 10.8. The standard InChI is InChI=1S/C20H29NO2/c1-7-10-14(4)13-21(6)20(23)19(22)18-16(8-2)11-15(5)12-17(18)9-3/h11-13H,7-10H2,1-6H3. The topological polar surface area (TPSA) is 37.4 Å². The van der Waals surface area contributed by atoms with E-state index in [2.05, 4.69) is 6.92 Å². The molecule has 0 bridgehead atoms.